The van der Waals surface area contributed by atoms with Crippen LogP contribution in [0.5, 0.6) is 0 Å². The van der Waals surface area contributed by atoms with Crippen molar-refractivity contribution in [1.29, 1.82) is 0 Å². The lowest BCUT2D eigenvalue weighted by Crippen LogP contribution is -2.06. The van der Waals surface area contributed by atoms with Gasteiger partial charge < -0.3 is 0 Å². The molecule has 1 nitrogen and oxygen atoms in total. The van der Waals surface area contributed by atoms with E-state index < -0.39 is 0 Å². The number of rotatable bonds is 2. The summed E-state index contributed by atoms with van der Waals surface area (Å²) in [6.07, 6.45) is 3.85. The first kappa shape index (κ1) is 14.4. The Bertz CT molecular complexity index is 372. The minimum absolute atomic E-state index is 0.706. The Morgan fingerprint density at radius 1 is 1.35 bits per heavy atom. The third-order valence-corrected chi connectivity index (χ3v) is 3.34. The molecule has 1 saturated carbocycles. The van der Waals surface area contributed by atoms with Crippen molar-refractivity contribution in [3.05, 3.63) is 33.8 Å². The summed E-state index contributed by atoms with van der Waals surface area (Å²) in [5.74, 6) is 0.706. The Kier molecular flexibility index (Phi) is 5.90. The standard InChI is InChI=1S/C12H14BrN.C3H8/c1-8-4-3-5-10(13)11(8)12(14-2)9-6-7-9;1-3-2/h3-5,9H,6-7H2,1-2H3;3H2,1-2H3. The Hall–Kier alpha value is -0.630. The molecule has 94 valence electrons. The molecule has 0 N–H and O–H groups in total. The number of hydrogen-bond donors (Lipinski definition) is 0. The second-order valence-electron chi connectivity index (χ2n) is 4.52. The van der Waals surface area contributed by atoms with Gasteiger partial charge in [-0.2, -0.15) is 0 Å². The zero-order valence-electron chi connectivity index (χ0n) is 11.3. The SMILES string of the molecule is CCC.CN=C(c1c(C)cccc1Br)C1CC1. The summed E-state index contributed by atoms with van der Waals surface area (Å²) >= 11 is 3.60. The average molecular weight is 296 g/mol. The summed E-state index contributed by atoms with van der Waals surface area (Å²) in [5, 5.41) is 0. The second-order valence-corrected chi connectivity index (χ2v) is 5.38. The molecule has 0 unspecified atom stereocenters. The predicted molar refractivity (Wildman–Crippen MR) is 80.0 cm³/mol. The van der Waals surface area contributed by atoms with Crippen LogP contribution in [0.4, 0.5) is 0 Å². The number of aryl methyl sites for hydroxylation is 1. The molecule has 1 aromatic carbocycles. The van der Waals surface area contributed by atoms with Crippen molar-refractivity contribution < 1.29 is 0 Å². The molecule has 0 saturated heterocycles. The number of halogens is 1. The van der Waals surface area contributed by atoms with Crippen LogP contribution in [-0.2, 0) is 0 Å². The van der Waals surface area contributed by atoms with Gasteiger partial charge in [-0.15, -0.1) is 0 Å². The van der Waals surface area contributed by atoms with E-state index in [1.807, 2.05) is 7.05 Å². The summed E-state index contributed by atoms with van der Waals surface area (Å²) in [4.78, 5) is 4.43. The van der Waals surface area contributed by atoms with E-state index >= 15 is 0 Å². The molecule has 17 heavy (non-hydrogen) atoms. The summed E-state index contributed by atoms with van der Waals surface area (Å²) in [7, 11) is 1.90. The van der Waals surface area contributed by atoms with Crippen LogP contribution in [-0.4, -0.2) is 12.8 Å². The van der Waals surface area contributed by atoms with E-state index in [2.05, 4.69) is 59.9 Å². The fourth-order valence-electron chi connectivity index (χ4n) is 1.81. The van der Waals surface area contributed by atoms with E-state index in [4.69, 9.17) is 0 Å². The Labute approximate surface area is 113 Å². The molecule has 1 aliphatic carbocycles. The van der Waals surface area contributed by atoms with Crippen LogP contribution in [0.2, 0.25) is 0 Å². The quantitative estimate of drug-likeness (QED) is 0.681. The van der Waals surface area contributed by atoms with E-state index in [-0.39, 0.29) is 0 Å². The van der Waals surface area contributed by atoms with Crippen LogP contribution in [0.1, 0.15) is 44.2 Å². The van der Waals surface area contributed by atoms with Gasteiger partial charge in [0.25, 0.3) is 0 Å². The number of hydrogen-bond acceptors (Lipinski definition) is 1. The van der Waals surface area contributed by atoms with Gasteiger partial charge in [0.2, 0.25) is 0 Å². The van der Waals surface area contributed by atoms with E-state index in [0.717, 1.165) is 0 Å². The molecule has 0 aromatic heterocycles. The highest BCUT2D eigenvalue weighted by molar-refractivity contribution is 9.10. The summed E-state index contributed by atoms with van der Waals surface area (Å²) < 4.78 is 1.17. The van der Waals surface area contributed by atoms with Gasteiger partial charge in [-0.25, -0.2) is 0 Å². The average Bonchev–Trinajstić information content (AvgIpc) is 3.09. The fourth-order valence-corrected chi connectivity index (χ4v) is 2.48. The summed E-state index contributed by atoms with van der Waals surface area (Å²) in [6, 6.07) is 6.31. The van der Waals surface area contributed by atoms with Gasteiger partial charge in [0.15, 0.2) is 0 Å². The lowest BCUT2D eigenvalue weighted by Gasteiger charge is -2.10. The molecular weight excluding hydrogens is 274 g/mol. The molecule has 0 radical (unpaired) electrons. The smallest absolute Gasteiger partial charge is 0.0462 e. The van der Waals surface area contributed by atoms with Crippen molar-refractivity contribution in [2.24, 2.45) is 10.9 Å². The first-order chi connectivity index (χ1) is 8.15. The van der Waals surface area contributed by atoms with Crippen LogP contribution in [0.3, 0.4) is 0 Å². The molecule has 1 aliphatic rings. The maximum Gasteiger partial charge on any atom is 0.0462 e. The minimum Gasteiger partial charge on any atom is -0.292 e. The van der Waals surface area contributed by atoms with E-state index in [0.29, 0.717) is 5.92 Å². The van der Waals surface area contributed by atoms with Crippen molar-refractivity contribution in [3.8, 4) is 0 Å². The molecule has 2 rings (SSSR count). The highest BCUT2D eigenvalue weighted by Gasteiger charge is 2.29. The number of nitrogens with zero attached hydrogens (tertiary/aromatic N) is 1. The van der Waals surface area contributed by atoms with Crippen molar-refractivity contribution in [2.75, 3.05) is 7.05 Å². The highest BCUT2D eigenvalue weighted by atomic mass is 79.9. The zero-order chi connectivity index (χ0) is 12.8. The summed E-state index contributed by atoms with van der Waals surface area (Å²) in [5.41, 5.74) is 3.89. The van der Waals surface area contributed by atoms with Crippen molar-refractivity contribution in [1.82, 2.24) is 0 Å². The molecule has 0 aliphatic heterocycles. The molecule has 1 fully saturated rings. The third-order valence-electron chi connectivity index (χ3n) is 2.68. The van der Waals surface area contributed by atoms with Gasteiger partial charge in [0.1, 0.15) is 0 Å². The van der Waals surface area contributed by atoms with Crippen LogP contribution in [0.15, 0.2) is 27.7 Å². The molecule has 0 amide bonds. The predicted octanol–water partition coefficient (Wildman–Crippen LogP) is 5.00. The van der Waals surface area contributed by atoms with Crippen molar-refractivity contribution in [3.63, 3.8) is 0 Å². The number of benzene rings is 1. The molecular formula is C15H22BrN. The number of aliphatic imine (C=N–C) groups is 1. The molecule has 0 spiro atoms. The van der Waals surface area contributed by atoms with E-state index in [1.165, 1.54) is 40.6 Å². The van der Waals surface area contributed by atoms with Gasteiger partial charge >= 0.3 is 0 Å². The normalized spacial score (nSPS) is 15.2. The highest BCUT2D eigenvalue weighted by Crippen LogP contribution is 2.36. The second kappa shape index (κ2) is 6.95. The monoisotopic (exact) mass is 295 g/mol. The van der Waals surface area contributed by atoms with Gasteiger partial charge in [0, 0.05) is 28.7 Å². The fraction of sp³-hybridized carbons (Fsp3) is 0.533. The van der Waals surface area contributed by atoms with Crippen LogP contribution in [0.25, 0.3) is 0 Å². The van der Waals surface area contributed by atoms with Crippen LogP contribution < -0.4 is 0 Å². The largest absolute Gasteiger partial charge is 0.292 e. The zero-order valence-corrected chi connectivity index (χ0v) is 12.8. The lowest BCUT2D eigenvalue weighted by molar-refractivity contribution is 1.09. The van der Waals surface area contributed by atoms with Gasteiger partial charge in [-0.3, -0.25) is 4.99 Å². The van der Waals surface area contributed by atoms with Crippen LogP contribution >= 0.6 is 15.9 Å². The lowest BCUT2D eigenvalue weighted by atomic mass is 10.0. The van der Waals surface area contributed by atoms with Crippen LogP contribution in [0, 0.1) is 12.8 Å². The first-order valence-corrected chi connectivity index (χ1v) is 7.17. The maximum absolute atomic E-state index is 4.43. The molecule has 0 atom stereocenters. The Balaban J connectivity index is 0.000000437. The summed E-state index contributed by atoms with van der Waals surface area (Å²) in [6.45, 7) is 6.40. The Morgan fingerprint density at radius 3 is 2.35 bits per heavy atom. The molecule has 1 aromatic rings. The van der Waals surface area contributed by atoms with Gasteiger partial charge in [-0.1, -0.05) is 48.3 Å². The Morgan fingerprint density at radius 2 is 1.94 bits per heavy atom. The minimum atomic E-state index is 0.706. The van der Waals surface area contributed by atoms with E-state index in [1.54, 1.807) is 0 Å². The van der Waals surface area contributed by atoms with Gasteiger partial charge in [0.05, 0.1) is 0 Å². The van der Waals surface area contributed by atoms with Gasteiger partial charge in [-0.05, 0) is 31.4 Å². The molecule has 2 heteroatoms. The molecule has 0 bridgehead atoms. The first-order valence-electron chi connectivity index (χ1n) is 6.37. The topological polar surface area (TPSA) is 12.4 Å². The van der Waals surface area contributed by atoms with E-state index in [9.17, 15) is 0 Å². The molecule has 0 heterocycles. The van der Waals surface area contributed by atoms with Crippen molar-refractivity contribution in [2.45, 2.75) is 40.0 Å². The van der Waals surface area contributed by atoms with Crippen molar-refractivity contribution >= 4 is 21.6 Å². The maximum atomic E-state index is 4.43. The third kappa shape index (κ3) is 3.95.